The third kappa shape index (κ3) is 4.55. The van der Waals surface area contributed by atoms with Crippen LogP contribution in [-0.4, -0.2) is 63.4 Å². The molecule has 0 aliphatic carbocycles. The van der Waals surface area contributed by atoms with E-state index in [0.717, 1.165) is 25.3 Å². The summed E-state index contributed by atoms with van der Waals surface area (Å²) in [5.74, 6) is 2.13. The van der Waals surface area contributed by atoms with Crippen LogP contribution in [0.5, 0.6) is 0 Å². The third-order valence-corrected chi connectivity index (χ3v) is 7.74. The first kappa shape index (κ1) is 22.0. The molecular formula is C23H33N5O2S. The van der Waals surface area contributed by atoms with E-state index < -0.39 is 10.8 Å². The quantitative estimate of drug-likeness (QED) is 0.710. The van der Waals surface area contributed by atoms with Gasteiger partial charge in [0, 0.05) is 43.5 Å². The number of fused-ring (bicyclic) bond motifs is 1. The lowest BCUT2D eigenvalue weighted by molar-refractivity contribution is 0.249. The number of rotatable bonds is 6. The van der Waals surface area contributed by atoms with Crippen molar-refractivity contribution in [2.75, 3.05) is 47.1 Å². The van der Waals surface area contributed by atoms with Gasteiger partial charge in [0.15, 0.2) is 0 Å². The largest absolute Gasteiger partial charge is 0.394 e. The predicted molar refractivity (Wildman–Crippen MR) is 127 cm³/mol. The number of hydrogen-bond acceptors (Lipinski definition) is 7. The van der Waals surface area contributed by atoms with Gasteiger partial charge in [-0.15, -0.1) is 0 Å². The molecule has 3 atom stereocenters. The molecule has 1 aromatic carbocycles. The highest BCUT2D eigenvalue weighted by Crippen LogP contribution is 2.32. The van der Waals surface area contributed by atoms with E-state index in [1.165, 1.54) is 11.3 Å². The average molecular weight is 444 g/mol. The summed E-state index contributed by atoms with van der Waals surface area (Å²) >= 11 is 0. The molecule has 0 bridgehead atoms. The minimum atomic E-state index is -1.09. The lowest BCUT2D eigenvalue weighted by Gasteiger charge is -2.41. The van der Waals surface area contributed by atoms with Crippen LogP contribution >= 0.6 is 0 Å². The molecule has 0 spiro atoms. The number of anilines is 3. The zero-order chi connectivity index (χ0) is 22.1. The summed E-state index contributed by atoms with van der Waals surface area (Å²) in [6, 6.07) is 8.77. The fourth-order valence-corrected chi connectivity index (χ4v) is 5.57. The molecule has 7 nitrogen and oxygen atoms in total. The van der Waals surface area contributed by atoms with E-state index in [0.29, 0.717) is 28.8 Å². The fourth-order valence-electron chi connectivity index (χ4n) is 4.25. The zero-order valence-electron chi connectivity index (χ0n) is 18.8. The van der Waals surface area contributed by atoms with Gasteiger partial charge in [-0.05, 0) is 31.9 Å². The van der Waals surface area contributed by atoms with Gasteiger partial charge in [0.05, 0.1) is 29.1 Å². The molecule has 1 saturated heterocycles. The minimum absolute atomic E-state index is 0.00401. The Balaban J connectivity index is 1.59. The van der Waals surface area contributed by atoms with Gasteiger partial charge < -0.3 is 20.2 Å². The van der Waals surface area contributed by atoms with Crippen LogP contribution in [0.15, 0.2) is 29.2 Å². The molecule has 1 fully saturated rings. The Kier molecular flexibility index (Phi) is 6.48. The Morgan fingerprint density at radius 3 is 2.61 bits per heavy atom. The molecule has 3 heterocycles. The number of aliphatic hydroxyl groups excluding tert-OH is 1. The molecule has 4 rings (SSSR count). The van der Waals surface area contributed by atoms with Crippen molar-refractivity contribution in [3.63, 3.8) is 0 Å². The van der Waals surface area contributed by atoms with Crippen LogP contribution in [0.1, 0.15) is 32.0 Å². The van der Waals surface area contributed by atoms with E-state index in [1.807, 2.05) is 0 Å². The first-order valence-electron chi connectivity index (χ1n) is 11.1. The molecule has 8 heteroatoms. The van der Waals surface area contributed by atoms with E-state index in [-0.39, 0.29) is 24.6 Å². The number of aliphatic hydroxyl groups is 1. The Bertz CT molecular complexity index is 950. The summed E-state index contributed by atoms with van der Waals surface area (Å²) in [5, 5.41) is 13.2. The smallest absolute Gasteiger partial charge is 0.227 e. The van der Waals surface area contributed by atoms with Crippen molar-refractivity contribution in [3.05, 3.63) is 35.5 Å². The lowest BCUT2D eigenvalue weighted by atomic mass is 10.1. The molecule has 31 heavy (non-hydrogen) atoms. The molecule has 2 aliphatic rings. The SMILES string of the molecule is Cc1ccc(N2CCN(c3nc4c(c(N[C@@H](CO)C(C)C)n3)S(=O)CC4)[C@H](C)C2)cc1. The van der Waals surface area contributed by atoms with Crippen molar-refractivity contribution in [1.29, 1.82) is 0 Å². The van der Waals surface area contributed by atoms with Crippen molar-refractivity contribution < 1.29 is 9.32 Å². The Morgan fingerprint density at radius 2 is 1.97 bits per heavy atom. The van der Waals surface area contributed by atoms with Gasteiger partial charge in [-0.2, -0.15) is 4.98 Å². The third-order valence-electron chi connectivity index (χ3n) is 6.28. The number of nitrogens with one attached hydrogen (secondary N) is 1. The second-order valence-electron chi connectivity index (χ2n) is 8.95. The molecule has 0 amide bonds. The Morgan fingerprint density at radius 1 is 1.23 bits per heavy atom. The van der Waals surface area contributed by atoms with Crippen molar-refractivity contribution in [2.24, 2.45) is 5.92 Å². The number of nitrogens with zero attached hydrogens (tertiary/aromatic N) is 4. The summed E-state index contributed by atoms with van der Waals surface area (Å²) < 4.78 is 12.6. The van der Waals surface area contributed by atoms with E-state index in [9.17, 15) is 9.32 Å². The van der Waals surface area contributed by atoms with Crippen LogP contribution in [0.3, 0.4) is 0 Å². The molecule has 0 radical (unpaired) electrons. The number of aryl methyl sites for hydroxylation is 2. The number of piperazine rings is 1. The Hall–Kier alpha value is -2.19. The summed E-state index contributed by atoms with van der Waals surface area (Å²) in [6.07, 6.45) is 0.704. The molecule has 2 aliphatic heterocycles. The molecule has 1 aromatic heterocycles. The van der Waals surface area contributed by atoms with E-state index in [2.05, 4.69) is 67.1 Å². The summed E-state index contributed by atoms with van der Waals surface area (Å²) in [5.41, 5.74) is 3.38. The fraction of sp³-hybridized carbons (Fsp3) is 0.565. The first-order valence-corrected chi connectivity index (χ1v) is 12.4. The van der Waals surface area contributed by atoms with Crippen LogP contribution < -0.4 is 15.1 Å². The summed E-state index contributed by atoms with van der Waals surface area (Å²) in [4.78, 5) is 15.0. The van der Waals surface area contributed by atoms with E-state index in [1.54, 1.807) is 0 Å². The maximum absolute atomic E-state index is 12.6. The van der Waals surface area contributed by atoms with Gasteiger partial charge in [-0.1, -0.05) is 31.5 Å². The van der Waals surface area contributed by atoms with Gasteiger partial charge in [-0.25, -0.2) is 4.98 Å². The highest BCUT2D eigenvalue weighted by atomic mass is 32.2. The van der Waals surface area contributed by atoms with Gasteiger partial charge in [-0.3, -0.25) is 4.21 Å². The van der Waals surface area contributed by atoms with E-state index >= 15 is 0 Å². The molecule has 2 N–H and O–H groups in total. The van der Waals surface area contributed by atoms with Crippen LogP contribution in [-0.2, 0) is 17.2 Å². The standard InChI is InChI=1S/C23H33N5O2S/c1-15(2)20(14-29)24-22-21-19(9-12-31(21)30)25-23(26-22)28-11-10-27(13-17(28)4)18-7-5-16(3)6-8-18/h5-8,15,17,20,29H,9-14H2,1-4H3,(H,24,25,26)/t17-,20+,31?/m1/s1. The first-order chi connectivity index (χ1) is 14.9. The van der Waals surface area contributed by atoms with Crippen molar-refractivity contribution in [2.45, 2.75) is 51.1 Å². The van der Waals surface area contributed by atoms with Gasteiger partial charge in [0.2, 0.25) is 5.95 Å². The number of aromatic nitrogens is 2. The second-order valence-corrected chi connectivity index (χ2v) is 10.5. The second kappa shape index (κ2) is 9.12. The van der Waals surface area contributed by atoms with Crippen molar-refractivity contribution >= 4 is 28.3 Å². The molecule has 168 valence electrons. The normalized spacial score (nSPS) is 22.0. The molecule has 2 aromatic rings. The van der Waals surface area contributed by atoms with E-state index in [4.69, 9.17) is 9.97 Å². The lowest BCUT2D eigenvalue weighted by Crippen LogP contribution is -2.52. The average Bonchev–Trinajstić information content (AvgIpc) is 3.13. The Labute approximate surface area is 187 Å². The summed E-state index contributed by atoms with van der Waals surface area (Å²) in [7, 11) is -1.09. The number of hydrogen-bond donors (Lipinski definition) is 2. The highest BCUT2D eigenvalue weighted by molar-refractivity contribution is 7.85. The van der Waals surface area contributed by atoms with Gasteiger partial charge in [0.1, 0.15) is 10.7 Å². The van der Waals surface area contributed by atoms with Crippen LogP contribution in [0.25, 0.3) is 0 Å². The van der Waals surface area contributed by atoms with Crippen LogP contribution in [0.4, 0.5) is 17.5 Å². The minimum Gasteiger partial charge on any atom is -0.394 e. The number of benzene rings is 1. The highest BCUT2D eigenvalue weighted by Gasteiger charge is 2.31. The molecule has 0 saturated carbocycles. The zero-order valence-corrected chi connectivity index (χ0v) is 19.7. The maximum Gasteiger partial charge on any atom is 0.227 e. The topological polar surface area (TPSA) is 81.6 Å². The van der Waals surface area contributed by atoms with Gasteiger partial charge in [0.25, 0.3) is 0 Å². The molecule has 1 unspecified atom stereocenters. The van der Waals surface area contributed by atoms with Crippen molar-refractivity contribution in [3.8, 4) is 0 Å². The van der Waals surface area contributed by atoms with Crippen LogP contribution in [0.2, 0.25) is 0 Å². The van der Waals surface area contributed by atoms with Crippen molar-refractivity contribution in [1.82, 2.24) is 9.97 Å². The summed E-state index contributed by atoms with van der Waals surface area (Å²) in [6.45, 7) is 11.0. The maximum atomic E-state index is 12.6. The van der Waals surface area contributed by atoms with Crippen LogP contribution in [0, 0.1) is 12.8 Å². The monoisotopic (exact) mass is 443 g/mol. The van der Waals surface area contributed by atoms with Gasteiger partial charge >= 0.3 is 0 Å². The predicted octanol–water partition coefficient (Wildman–Crippen LogP) is 2.59. The molecular weight excluding hydrogens is 410 g/mol.